The van der Waals surface area contributed by atoms with Crippen molar-refractivity contribution in [1.82, 2.24) is 4.31 Å². The van der Waals surface area contributed by atoms with Crippen LogP contribution < -0.4 is 0 Å². The maximum atomic E-state index is 12.2. The lowest BCUT2D eigenvalue weighted by atomic mass is 9.94. The largest absolute Gasteiger partial charge is 0.481 e. The highest BCUT2D eigenvalue weighted by atomic mass is 32.2. The van der Waals surface area contributed by atoms with Crippen molar-refractivity contribution in [2.75, 3.05) is 13.1 Å². The van der Waals surface area contributed by atoms with Crippen LogP contribution in [0.3, 0.4) is 0 Å². The molecule has 19 heavy (non-hydrogen) atoms. The van der Waals surface area contributed by atoms with Crippen LogP contribution in [0.4, 0.5) is 0 Å². The molecule has 1 fully saturated rings. The van der Waals surface area contributed by atoms with Gasteiger partial charge in [0.15, 0.2) is 0 Å². The zero-order valence-electron chi connectivity index (χ0n) is 10.4. The summed E-state index contributed by atoms with van der Waals surface area (Å²) in [4.78, 5) is 11.1. The Morgan fingerprint density at radius 1 is 1.47 bits per heavy atom. The predicted octanol–water partition coefficient (Wildman–Crippen LogP) is 0.521. The van der Waals surface area contributed by atoms with E-state index in [1.165, 1.54) is 16.4 Å². The van der Waals surface area contributed by atoms with Gasteiger partial charge in [0, 0.05) is 18.0 Å². The van der Waals surface area contributed by atoms with E-state index in [0.717, 1.165) is 11.3 Å². The number of carbonyl (C=O) groups is 1. The van der Waals surface area contributed by atoms with Gasteiger partial charge >= 0.3 is 5.97 Å². The molecule has 1 aromatic heterocycles. The quantitative estimate of drug-likeness (QED) is 0.827. The van der Waals surface area contributed by atoms with Crippen LogP contribution in [0.2, 0.25) is 0 Å². The molecule has 0 saturated carbocycles. The minimum absolute atomic E-state index is 0.0952. The van der Waals surface area contributed by atoms with Gasteiger partial charge in [-0.1, -0.05) is 6.92 Å². The lowest BCUT2D eigenvalue weighted by Gasteiger charge is -2.44. The first kappa shape index (κ1) is 14.4. The highest BCUT2D eigenvalue weighted by Gasteiger charge is 2.46. The predicted molar refractivity (Wildman–Crippen MR) is 69.7 cm³/mol. The first-order valence-corrected chi connectivity index (χ1v) is 8.05. The highest BCUT2D eigenvalue weighted by molar-refractivity contribution is 7.91. The van der Waals surface area contributed by atoms with Gasteiger partial charge in [0.2, 0.25) is 0 Å². The molecule has 106 valence electrons. The van der Waals surface area contributed by atoms with E-state index in [2.05, 4.69) is 0 Å². The molecule has 8 heteroatoms. The number of hydrogen-bond acceptors (Lipinski definition) is 5. The van der Waals surface area contributed by atoms with Gasteiger partial charge in [0.1, 0.15) is 4.21 Å². The minimum atomic E-state index is -3.60. The van der Waals surface area contributed by atoms with Gasteiger partial charge in [-0.15, -0.1) is 11.3 Å². The normalized spacial score (nSPS) is 19.1. The molecular weight excluding hydrogens is 290 g/mol. The van der Waals surface area contributed by atoms with E-state index < -0.39 is 21.6 Å². The number of sulfonamides is 1. The molecule has 1 aliphatic rings. The zero-order valence-corrected chi connectivity index (χ0v) is 12.0. The summed E-state index contributed by atoms with van der Waals surface area (Å²) in [5.41, 5.74) is -0.922. The molecule has 0 radical (unpaired) electrons. The van der Waals surface area contributed by atoms with Crippen LogP contribution in [-0.2, 0) is 21.2 Å². The highest BCUT2D eigenvalue weighted by Crippen LogP contribution is 2.33. The van der Waals surface area contributed by atoms with Crippen LogP contribution in [0.1, 0.15) is 18.2 Å². The summed E-state index contributed by atoms with van der Waals surface area (Å²) < 4.78 is 25.7. The third-order valence-corrected chi connectivity index (χ3v) is 6.50. The lowest BCUT2D eigenvalue weighted by Crippen LogP contribution is -2.62. The summed E-state index contributed by atoms with van der Waals surface area (Å²) in [6.07, 6.45) is 0.326. The van der Waals surface area contributed by atoms with E-state index in [9.17, 15) is 18.3 Å². The van der Waals surface area contributed by atoms with Gasteiger partial charge in [-0.3, -0.25) is 4.79 Å². The number of carboxylic acid groups (broad SMARTS) is 1. The first-order valence-electron chi connectivity index (χ1n) is 5.80. The Labute approximate surface area is 115 Å². The molecule has 0 aliphatic carbocycles. The Balaban J connectivity index is 2.13. The second-order valence-electron chi connectivity index (χ2n) is 4.64. The van der Waals surface area contributed by atoms with Crippen molar-refractivity contribution < 1.29 is 23.4 Å². The molecule has 6 nitrogen and oxygen atoms in total. The summed E-state index contributed by atoms with van der Waals surface area (Å²) in [7, 11) is -3.60. The van der Waals surface area contributed by atoms with Gasteiger partial charge in [-0.2, -0.15) is 4.31 Å². The Morgan fingerprint density at radius 2 is 2.11 bits per heavy atom. The summed E-state index contributed by atoms with van der Waals surface area (Å²) in [5.74, 6) is -0.991. The second kappa shape index (κ2) is 4.86. The van der Waals surface area contributed by atoms with E-state index >= 15 is 0 Å². The van der Waals surface area contributed by atoms with Crippen molar-refractivity contribution in [2.45, 2.75) is 29.6 Å². The lowest BCUT2D eigenvalue weighted by molar-refractivity contribution is -0.136. The molecule has 0 unspecified atom stereocenters. The Kier molecular flexibility index (Phi) is 3.69. The molecule has 0 bridgehead atoms. The summed E-state index contributed by atoms with van der Waals surface area (Å²) in [6.45, 7) is 2.00. The Hall–Kier alpha value is -0.960. The van der Waals surface area contributed by atoms with Crippen molar-refractivity contribution in [3.05, 3.63) is 17.0 Å². The average molecular weight is 305 g/mol. The van der Waals surface area contributed by atoms with Gasteiger partial charge in [0.25, 0.3) is 10.0 Å². The topological polar surface area (TPSA) is 94.9 Å². The molecular formula is C11H15NO5S2. The van der Waals surface area contributed by atoms with Crippen LogP contribution >= 0.6 is 11.3 Å². The van der Waals surface area contributed by atoms with Crippen molar-refractivity contribution in [3.8, 4) is 0 Å². The number of aliphatic carboxylic acids is 1. The summed E-state index contributed by atoms with van der Waals surface area (Å²) in [5, 5.41) is 18.5. The number of β-amino-alcohol motifs (C(OH)–C–C–N with tert-alkyl or cyclic N) is 1. The third-order valence-electron chi connectivity index (χ3n) is 3.16. The maximum Gasteiger partial charge on any atom is 0.308 e. The molecule has 2 rings (SSSR count). The van der Waals surface area contributed by atoms with Gasteiger partial charge < -0.3 is 10.2 Å². The molecule has 1 aromatic rings. The molecule has 0 aromatic carbocycles. The second-order valence-corrected chi connectivity index (χ2v) is 7.98. The first-order chi connectivity index (χ1) is 8.77. The molecule has 1 saturated heterocycles. The fourth-order valence-corrected chi connectivity index (χ4v) is 4.97. The minimum Gasteiger partial charge on any atom is -0.481 e. The van der Waals surface area contributed by atoms with E-state index in [1.807, 2.05) is 0 Å². The molecule has 1 aliphatic heterocycles. The molecule has 2 N–H and O–H groups in total. The number of nitrogens with zero attached hydrogens (tertiary/aromatic N) is 1. The standard InChI is InChI=1S/C11H15NO5S2/c1-2-11(15)6-12(7-11)19(16,17)10-4-3-8(18-10)5-9(13)14/h3-4,15H,2,5-7H2,1H3,(H,13,14). The molecule has 0 atom stereocenters. The fraction of sp³-hybridized carbons (Fsp3) is 0.545. The van der Waals surface area contributed by atoms with Gasteiger partial charge in [0.05, 0.1) is 12.0 Å². The number of carboxylic acids is 1. The monoisotopic (exact) mass is 305 g/mol. The SMILES string of the molecule is CCC1(O)CN(S(=O)(=O)c2ccc(CC(=O)O)s2)C1. The van der Waals surface area contributed by atoms with Crippen LogP contribution in [0.15, 0.2) is 16.3 Å². The number of hydrogen-bond donors (Lipinski definition) is 2. The average Bonchev–Trinajstić information content (AvgIpc) is 2.72. The van der Waals surface area contributed by atoms with E-state index in [1.54, 1.807) is 6.92 Å². The Morgan fingerprint density at radius 3 is 2.63 bits per heavy atom. The van der Waals surface area contributed by atoms with Gasteiger partial charge in [-0.25, -0.2) is 8.42 Å². The van der Waals surface area contributed by atoms with Gasteiger partial charge in [-0.05, 0) is 18.6 Å². The Bertz CT molecular complexity index is 586. The van der Waals surface area contributed by atoms with Crippen LogP contribution in [0, 0.1) is 0 Å². The number of rotatable bonds is 5. The molecule has 0 spiro atoms. The maximum absolute atomic E-state index is 12.2. The smallest absolute Gasteiger partial charge is 0.308 e. The number of aliphatic hydroxyl groups is 1. The van der Waals surface area contributed by atoms with Crippen molar-refractivity contribution in [2.24, 2.45) is 0 Å². The zero-order chi connectivity index (χ0) is 14.3. The van der Waals surface area contributed by atoms with Crippen LogP contribution in [-0.4, -0.2) is 47.6 Å². The number of thiophene rings is 1. The van der Waals surface area contributed by atoms with E-state index in [-0.39, 0.29) is 23.7 Å². The van der Waals surface area contributed by atoms with Crippen LogP contribution in [0.25, 0.3) is 0 Å². The summed E-state index contributed by atoms with van der Waals surface area (Å²) >= 11 is 0.961. The van der Waals surface area contributed by atoms with Crippen molar-refractivity contribution in [3.63, 3.8) is 0 Å². The van der Waals surface area contributed by atoms with Crippen molar-refractivity contribution >= 4 is 27.3 Å². The molecule has 0 amide bonds. The fourth-order valence-electron chi connectivity index (χ4n) is 1.87. The van der Waals surface area contributed by atoms with E-state index in [4.69, 9.17) is 5.11 Å². The van der Waals surface area contributed by atoms with Crippen molar-refractivity contribution in [1.29, 1.82) is 0 Å². The molecule has 2 heterocycles. The summed E-state index contributed by atoms with van der Waals surface area (Å²) in [6, 6.07) is 2.93. The van der Waals surface area contributed by atoms with Crippen LogP contribution in [0.5, 0.6) is 0 Å². The van der Waals surface area contributed by atoms with E-state index in [0.29, 0.717) is 11.3 Å². The third kappa shape index (κ3) is 2.81.